The molecule has 2 aromatic rings. The van der Waals surface area contributed by atoms with Crippen molar-refractivity contribution in [2.45, 2.75) is 17.7 Å². The van der Waals surface area contributed by atoms with Gasteiger partial charge in [-0.25, -0.2) is 14.6 Å². The Bertz CT molecular complexity index is 458. The van der Waals surface area contributed by atoms with E-state index >= 15 is 0 Å². The van der Waals surface area contributed by atoms with E-state index in [-0.39, 0.29) is 0 Å². The summed E-state index contributed by atoms with van der Waals surface area (Å²) in [5.41, 5.74) is 7.22. The molecule has 0 saturated carbocycles. The third kappa shape index (κ3) is 2.24. The zero-order chi connectivity index (χ0) is 10.7. The first kappa shape index (κ1) is 9.91. The zero-order valence-electron chi connectivity index (χ0n) is 8.04. The van der Waals surface area contributed by atoms with Crippen LogP contribution in [0.1, 0.15) is 11.4 Å². The molecule has 2 heterocycles. The van der Waals surface area contributed by atoms with Crippen LogP contribution >= 0.6 is 11.8 Å². The van der Waals surface area contributed by atoms with Gasteiger partial charge in [0.05, 0.1) is 0 Å². The van der Waals surface area contributed by atoms with Crippen molar-refractivity contribution in [2.75, 3.05) is 5.73 Å². The maximum atomic E-state index is 5.64. The highest BCUT2D eigenvalue weighted by Crippen LogP contribution is 2.23. The van der Waals surface area contributed by atoms with Crippen molar-refractivity contribution in [2.24, 2.45) is 0 Å². The fourth-order valence-electron chi connectivity index (χ4n) is 0.964. The standard InChI is InChI=1S/C8H9N5OS/c1-5-6(13-14-12-5)4-15-8-7(9)10-2-3-11-8/h2-3H,4H2,1H3,(H2,9,10). The molecule has 0 bridgehead atoms. The molecular weight excluding hydrogens is 214 g/mol. The number of anilines is 1. The van der Waals surface area contributed by atoms with Crippen LogP contribution in [0.3, 0.4) is 0 Å². The molecule has 2 aromatic heterocycles. The molecule has 0 atom stereocenters. The van der Waals surface area contributed by atoms with E-state index in [1.165, 1.54) is 11.8 Å². The van der Waals surface area contributed by atoms with Gasteiger partial charge in [0, 0.05) is 18.1 Å². The van der Waals surface area contributed by atoms with Crippen LogP contribution in [-0.4, -0.2) is 20.3 Å². The molecule has 0 amide bonds. The summed E-state index contributed by atoms with van der Waals surface area (Å²) in [4.78, 5) is 8.04. The Morgan fingerprint density at radius 3 is 2.80 bits per heavy atom. The highest BCUT2D eigenvalue weighted by atomic mass is 32.2. The smallest absolute Gasteiger partial charge is 0.156 e. The number of hydrogen-bond donors (Lipinski definition) is 1. The van der Waals surface area contributed by atoms with E-state index < -0.39 is 0 Å². The molecule has 7 heteroatoms. The van der Waals surface area contributed by atoms with Crippen molar-refractivity contribution in [3.63, 3.8) is 0 Å². The molecule has 15 heavy (non-hydrogen) atoms. The Hall–Kier alpha value is -1.63. The van der Waals surface area contributed by atoms with Crippen LogP contribution in [0.2, 0.25) is 0 Å². The SMILES string of the molecule is Cc1nonc1CSc1nccnc1N. The average Bonchev–Trinajstić information content (AvgIpc) is 2.63. The molecule has 0 radical (unpaired) electrons. The molecule has 0 aliphatic rings. The molecule has 0 aromatic carbocycles. The number of nitrogens with zero attached hydrogens (tertiary/aromatic N) is 4. The Labute approximate surface area is 90.3 Å². The highest BCUT2D eigenvalue weighted by molar-refractivity contribution is 7.98. The van der Waals surface area contributed by atoms with Crippen LogP contribution in [0.5, 0.6) is 0 Å². The largest absolute Gasteiger partial charge is 0.381 e. The van der Waals surface area contributed by atoms with Crippen LogP contribution in [0.4, 0.5) is 5.82 Å². The third-order valence-electron chi connectivity index (χ3n) is 1.78. The summed E-state index contributed by atoms with van der Waals surface area (Å²) in [7, 11) is 0. The number of aryl methyl sites for hydroxylation is 1. The lowest BCUT2D eigenvalue weighted by Gasteiger charge is -2.00. The van der Waals surface area contributed by atoms with Gasteiger partial charge in [-0.3, -0.25) is 0 Å². The Morgan fingerprint density at radius 2 is 2.13 bits per heavy atom. The number of thioether (sulfide) groups is 1. The molecular formula is C8H9N5OS. The van der Waals surface area contributed by atoms with Gasteiger partial charge in [-0.15, -0.1) is 0 Å². The van der Waals surface area contributed by atoms with E-state index in [0.717, 1.165) is 11.4 Å². The highest BCUT2D eigenvalue weighted by Gasteiger charge is 2.08. The fraction of sp³-hybridized carbons (Fsp3) is 0.250. The van der Waals surface area contributed by atoms with Crippen molar-refractivity contribution in [1.29, 1.82) is 0 Å². The van der Waals surface area contributed by atoms with Crippen molar-refractivity contribution in [3.05, 3.63) is 23.8 Å². The van der Waals surface area contributed by atoms with E-state index in [9.17, 15) is 0 Å². The number of aromatic nitrogens is 4. The summed E-state index contributed by atoms with van der Waals surface area (Å²) >= 11 is 1.46. The molecule has 78 valence electrons. The van der Waals surface area contributed by atoms with E-state index in [2.05, 4.69) is 24.9 Å². The molecule has 6 nitrogen and oxygen atoms in total. The van der Waals surface area contributed by atoms with Gasteiger partial charge in [0.1, 0.15) is 16.4 Å². The maximum absolute atomic E-state index is 5.64. The minimum Gasteiger partial charge on any atom is -0.381 e. The van der Waals surface area contributed by atoms with Crippen molar-refractivity contribution in [3.8, 4) is 0 Å². The maximum Gasteiger partial charge on any atom is 0.156 e. The van der Waals surface area contributed by atoms with Gasteiger partial charge in [-0.05, 0) is 6.92 Å². The Morgan fingerprint density at radius 1 is 1.33 bits per heavy atom. The zero-order valence-corrected chi connectivity index (χ0v) is 8.86. The molecule has 0 unspecified atom stereocenters. The van der Waals surface area contributed by atoms with Gasteiger partial charge in [0.2, 0.25) is 0 Å². The van der Waals surface area contributed by atoms with Gasteiger partial charge in [-0.1, -0.05) is 22.1 Å². The van der Waals surface area contributed by atoms with Crippen LogP contribution in [0.25, 0.3) is 0 Å². The lowest BCUT2D eigenvalue weighted by atomic mass is 10.4. The van der Waals surface area contributed by atoms with Crippen molar-refractivity contribution in [1.82, 2.24) is 20.3 Å². The quantitative estimate of drug-likeness (QED) is 0.777. The molecule has 2 N–H and O–H groups in total. The number of nitrogens with two attached hydrogens (primary N) is 1. The van der Waals surface area contributed by atoms with E-state index in [1.54, 1.807) is 12.4 Å². The second kappa shape index (κ2) is 4.26. The topological polar surface area (TPSA) is 90.7 Å². The molecule has 0 aliphatic heterocycles. The van der Waals surface area contributed by atoms with Gasteiger partial charge in [0.15, 0.2) is 5.82 Å². The van der Waals surface area contributed by atoms with Gasteiger partial charge in [-0.2, -0.15) is 0 Å². The number of rotatable bonds is 3. The summed E-state index contributed by atoms with van der Waals surface area (Å²) in [6.07, 6.45) is 3.16. The fourth-order valence-corrected chi connectivity index (χ4v) is 1.84. The Kier molecular flexibility index (Phi) is 2.82. The number of nitrogen functional groups attached to an aromatic ring is 1. The predicted molar refractivity (Wildman–Crippen MR) is 55.0 cm³/mol. The van der Waals surface area contributed by atoms with Crippen LogP contribution in [-0.2, 0) is 5.75 Å². The normalized spacial score (nSPS) is 10.5. The first-order valence-corrected chi connectivity index (χ1v) is 5.23. The first-order valence-electron chi connectivity index (χ1n) is 4.24. The van der Waals surface area contributed by atoms with Crippen molar-refractivity contribution >= 4 is 17.6 Å². The van der Waals surface area contributed by atoms with Crippen LogP contribution in [0.15, 0.2) is 22.0 Å². The minimum atomic E-state index is 0.427. The van der Waals surface area contributed by atoms with Gasteiger partial charge in [0.25, 0.3) is 0 Å². The summed E-state index contributed by atoms with van der Waals surface area (Å²) in [6.45, 7) is 1.84. The average molecular weight is 223 g/mol. The molecule has 2 rings (SSSR count). The number of hydrogen-bond acceptors (Lipinski definition) is 7. The van der Waals surface area contributed by atoms with Gasteiger partial charge < -0.3 is 5.73 Å². The Balaban J connectivity index is 2.06. The lowest BCUT2D eigenvalue weighted by molar-refractivity contribution is 0.302. The summed E-state index contributed by atoms with van der Waals surface area (Å²) in [5.74, 6) is 1.05. The van der Waals surface area contributed by atoms with Crippen LogP contribution < -0.4 is 5.73 Å². The second-order valence-corrected chi connectivity index (χ2v) is 3.80. The molecule has 0 saturated heterocycles. The summed E-state index contributed by atoms with van der Waals surface area (Å²) in [6, 6.07) is 0. The third-order valence-corrected chi connectivity index (χ3v) is 2.79. The summed E-state index contributed by atoms with van der Waals surface area (Å²) < 4.78 is 4.58. The molecule has 0 fully saturated rings. The van der Waals surface area contributed by atoms with E-state index in [1.807, 2.05) is 6.92 Å². The van der Waals surface area contributed by atoms with Crippen LogP contribution in [0, 0.1) is 6.92 Å². The molecule has 0 spiro atoms. The van der Waals surface area contributed by atoms with Crippen molar-refractivity contribution < 1.29 is 4.63 Å². The first-order chi connectivity index (χ1) is 7.27. The minimum absolute atomic E-state index is 0.427. The predicted octanol–water partition coefficient (Wildman–Crippen LogP) is 1.04. The molecule has 0 aliphatic carbocycles. The lowest BCUT2D eigenvalue weighted by Crippen LogP contribution is -1.95. The van der Waals surface area contributed by atoms with E-state index in [0.29, 0.717) is 16.6 Å². The summed E-state index contributed by atoms with van der Waals surface area (Å²) in [5, 5.41) is 8.14. The van der Waals surface area contributed by atoms with Gasteiger partial charge >= 0.3 is 0 Å². The monoisotopic (exact) mass is 223 g/mol. The van der Waals surface area contributed by atoms with E-state index in [4.69, 9.17) is 5.73 Å². The second-order valence-electron chi connectivity index (χ2n) is 2.83.